The Morgan fingerprint density at radius 2 is 2.00 bits per heavy atom. The van der Waals surface area contributed by atoms with Crippen LogP contribution in [0.2, 0.25) is 0 Å². The summed E-state index contributed by atoms with van der Waals surface area (Å²) in [5.74, 6) is 0.0136. The standard InChI is InChI=1S/C19H28N4O4/c1-13(2)11-16(24)19(26)22-8-4-15(5-9-22)23-17(3-7-20-23)21-18(25)14-6-10-27-12-14/h3,7,13-15H,4-6,8-12H2,1-2H3,(H,21,25)/t14-/m1/s1. The van der Waals surface area contributed by atoms with Crippen LogP contribution >= 0.6 is 0 Å². The van der Waals surface area contributed by atoms with E-state index in [4.69, 9.17) is 4.74 Å². The van der Waals surface area contributed by atoms with E-state index < -0.39 is 0 Å². The molecule has 1 aromatic heterocycles. The fraction of sp³-hybridized carbons (Fsp3) is 0.684. The zero-order chi connectivity index (χ0) is 19.4. The molecule has 148 valence electrons. The lowest BCUT2D eigenvalue weighted by Crippen LogP contribution is -2.43. The number of Topliss-reactive ketones (excluding diaryl/α,β-unsaturated/α-hetero) is 1. The highest BCUT2D eigenvalue weighted by atomic mass is 16.5. The summed E-state index contributed by atoms with van der Waals surface area (Å²) in [5.41, 5.74) is 0. The molecule has 0 aliphatic carbocycles. The Balaban J connectivity index is 1.55. The number of nitrogens with zero attached hydrogens (tertiary/aromatic N) is 3. The minimum atomic E-state index is -0.377. The number of amides is 2. The van der Waals surface area contributed by atoms with Gasteiger partial charge in [-0.3, -0.25) is 14.4 Å². The molecule has 3 heterocycles. The molecule has 2 saturated heterocycles. The smallest absolute Gasteiger partial charge is 0.289 e. The van der Waals surface area contributed by atoms with Gasteiger partial charge in [0.05, 0.1) is 24.8 Å². The molecule has 2 fully saturated rings. The molecule has 0 bridgehead atoms. The topological polar surface area (TPSA) is 93.5 Å². The molecular formula is C19H28N4O4. The van der Waals surface area contributed by atoms with E-state index >= 15 is 0 Å². The number of rotatable bonds is 6. The summed E-state index contributed by atoms with van der Waals surface area (Å²) in [6.45, 7) is 6.00. The highest BCUT2D eigenvalue weighted by molar-refractivity contribution is 6.36. The van der Waals surface area contributed by atoms with Crippen molar-refractivity contribution < 1.29 is 19.1 Å². The number of anilines is 1. The van der Waals surface area contributed by atoms with Crippen molar-refractivity contribution >= 4 is 23.4 Å². The minimum Gasteiger partial charge on any atom is -0.381 e. The number of carbonyl (C=O) groups is 3. The Kier molecular flexibility index (Phi) is 6.26. The maximum absolute atomic E-state index is 12.3. The molecule has 2 aliphatic rings. The Labute approximate surface area is 159 Å². The largest absolute Gasteiger partial charge is 0.381 e. The van der Waals surface area contributed by atoms with Crippen LogP contribution < -0.4 is 5.32 Å². The molecule has 0 spiro atoms. The predicted molar refractivity (Wildman–Crippen MR) is 99.1 cm³/mol. The molecule has 0 radical (unpaired) electrons. The highest BCUT2D eigenvalue weighted by Gasteiger charge is 2.30. The third kappa shape index (κ3) is 4.74. The van der Waals surface area contributed by atoms with Crippen molar-refractivity contribution in [3.05, 3.63) is 12.3 Å². The minimum absolute atomic E-state index is 0.0406. The lowest BCUT2D eigenvalue weighted by molar-refractivity contribution is -0.146. The van der Waals surface area contributed by atoms with Gasteiger partial charge >= 0.3 is 0 Å². The third-order valence-corrected chi connectivity index (χ3v) is 5.15. The quantitative estimate of drug-likeness (QED) is 0.762. The first-order valence-corrected chi connectivity index (χ1v) is 9.70. The molecule has 3 rings (SSSR count). The summed E-state index contributed by atoms with van der Waals surface area (Å²) in [6, 6.07) is 1.89. The Hall–Kier alpha value is -2.22. The number of piperidine rings is 1. The van der Waals surface area contributed by atoms with E-state index in [1.165, 1.54) is 0 Å². The SMILES string of the molecule is CC(C)CC(=O)C(=O)N1CCC(n2nccc2NC(=O)[C@@H]2CCOC2)CC1. The van der Waals surface area contributed by atoms with Gasteiger partial charge in [0.1, 0.15) is 5.82 Å². The second kappa shape index (κ2) is 8.65. The molecular weight excluding hydrogens is 348 g/mol. The first kappa shape index (κ1) is 19.5. The highest BCUT2D eigenvalue weighted by Crippen LogP contribution is 2.26. The molecule has 2 aliphatic heterocycles. The molecule has 1 N–H and O–H groups in total. The molecule has 1 atom stereocenters. The van der Waals surface area contributed by atoms with Gasteiger partial charge in [0.25, 0.3) is 5.91 Å². The van der Waals surface area contributed by atoms with E-state index in [0.717, 1.165) is 6.42 Å². The lowest BCUT2D eigenvalue weighted by atomic mass is 10.0. The molecule has 2 amide bonds. The maximum Gasteiger partial charge on any atom is 0.289 e. The average Bonchev–Trinajstić information content (AvgIpc) is 3.32. The number of nitrogens with one attached hydrogen (secondary N) is 1. The molecule has 0 unspecified atom stereocenters. The van der Waals surface area contributed by atoms with Crippen LogP contribution in [0.3, 0.4) is 0 Å². The van der Waals surface area contributed by atoms with E-state index in [9.17, 15) is 14.4 Å². The van der Waals surface area contributed by atoms with E-state index in [1.54, 1.807) is 17.2 Å². The van der Waals surface area contributed by atoms with Crippen LogP contribution in [0.5, 0.6) is 0 Å². The fourth-order valence-corrected chi connectivity index (χ4v) is 3.62. The summed E-state index contributed by atoms with van der Waals surface area (Å²) < 4.78 is 7.10. The van der Waals surface area contributed by atoms with Crippen LogP contribution in [0.15, 0.2) is 12.3 Å². The van der Waals surface area contributed by atoms with Crippen LogP contribution in [-0.4, -0.2) is 58.6 Å². The van der Waals surface area contributed by atoms with Crippen molar-refractivity contribution in [2.24, 2.45) is 11.8 Å². The first-order chi connectivity index (χ1) is 13.0. The van der Waals surface area contributed by atoms with Gasteiger partial charge in [-0.15, -0.1) is 0 Å². The molecule has 0 aromatic carbocycles. The van der Waals surface area contributed by atoms with Crippen LogP contribution in [0, 0.1) is 11.8 Å². The Bertz CT molecular complexity index is 686. The number of hydrogen-bond acceptors (Lipinski definition) is 5. The van der Waals surface area contributed by atoms with E-state index in [0.29, 0.717) is 51.4 Å². The first-order valence-electron chi connectivity index (χ1n) is 9.70. The van der Waals surface area contributed by atoms with E-state index in [1.807, 2.05) is 18.5 Å². The fourth-order valence-electron chi connectivity index (χ4n) is 3.62. The van der Waals surface area contributed by atoms with Gasteiger partial charge in [-0.1, -0.05) is 13.8 Å². The number of ketones is 1. The molecule has 8 nitrogen and oxygen atoms in total. The van der Waals surface area contributed by atoms with Crippen molar-refractivity contribution in [1.29, 1.82) is 0 Å². The van der Waals surface area contributed by atoms with Gasteiger partial charge in [-0.2, -0.15) is 5.10 Å². The van der Waals surface area contributed by atoms with Crippen LogP contribution in [0.1, 0.15) is 45.6 Å². The van der Waals surface area contributed by atoms with Crippen molar-refractivity contribution in [2.75, 3.05) is 31.6 Å². The van der Waals surface area contributed by atoms with Crippen molar-refractivity contribution in [3.8, 4) is 0 Å². The van der Waals surface area contributed by atoms with Crippen LogP contribution in [0.4, 0.5) is 5.82 Å². The van der Waals surface area contributed by atoms with Crippen molar-refractivity contribution in [2.45, 2.75) is 45.6 Å². The van der Waals surface area contributed by atoms with Crippen molar-refractivity contribution in [3.63, 3.8) is 0 Å². The van der Waals surface area contributed by atoms with Gasteiger partial charge in [0.15, 0.2) is 0 Å². The maximum atomic E-state index is 12.3. The number of likely N-dealkylation sites (tertiary alicyclic amines) is 1. The lowest BCUT2D eigenvalue weighted by Gasteiger charge is -2.32. The second-order valence-corrected chi connectivity index (χ2v) is 7.76. The van der Waals surface area contributed by atoms with E-state index in [2.05, 4.69) is 10.4 Å². The van der Waals surface area contributed by atoms with Crippen molar-refractivity contribution in [1.82, 2.24) is 14.7 Å². The van der Waals surface area contributed by atoms with Gasteiger partial charge in [-0.25, -0.2) is 4.68 Å². The van der Waals surface area contributed by atoms with Gasteiger partial charge in [0, 0.05) is 32.2 Å². The van der Waals surface area contributed by atoms with Gasteiger partial charge < -0.3 is 15.0 Å². The Morgan fingerprint density at radius 1 is 1.26 bits per heavy atom. The summed E-state index contributed by atoms with van der Waals surface area (Å²) >= 11 is 0. The summed E-state index contributed by atoms with van der Waals surface area (Å²) in [5, 5.41) is 7.31. The second-order valence-electron chi connectivity index (χ2n) is 7.76. The average molecular weight is 376 g/mol. The van der Waals surface area contributed by atoms with Gasteiger partial charge in [-0.05, 0) is 25.2 Å². The summed E-state index contributed by atoms with van der Waals surface area (Å²) in [4.78, 5) is 38.2. The molecule has 0 saturated carbocycles. The molecule has 27 heavy (non-hydrogen) atoms. The molecule has 8 heteroatoms. The monoisotopic (exact) mass is 376 g/mol. The normalized spacial score (nSPS) is 20.9. The number of hydrogen-bond donors (Lipinski definition) is 1. The van der Waals surface area contributed by atoms with Gasteiger partial charge in [0.2, 0.25) is 11.7 Å². The Morgan fingerprint density at radius 3 is 2.63 bits per heavy atom. The zero-order valence-corrected chi connectivity index (χ0v) is 16.0. The number of aromatic nitrogens is 2. The molecule has 1 aromatic rings. The number of carbonyl (C=O) groups excluding carboxylic acids is 3. The summed E-state index contributed by atoms with van der Waals surface area (Å²) in [7, 11) is 0. The van der Waals surface area contributed by atoms with Crippen LogP contribution in [-0.2, 0) is 19.1 Å². The van der Waals surface area contributed by atoms with Crippen LogP contribution in [0.25, 0.3) is 0 Å². The zero-order valence-electron chi connectivity index (χ0n) is 16.0. The predicted octanol–water partition coefficient (Wildman–Crippen LogP) is 1.64. The third-order valence-electron chi connectivity index (χ3n) is 5.15. The summed E-state index contributed by atoms with van der Waals surface area (Å²) in [6.07, 6.45) is 4.11. The van der Waals surface area contributed by atoms with E-state index in [-0.39, 0.29) is 35.5 Å². The number of ether oxygens (including phenoxy) is 1.